The van der Waals surface area contributed by atoms with E-state index in [2.05, 4.69) is 30.0 Å². The average Bonchev–Trinajstić information content (AvgIpc) is 2.55. The second kappa shape index (κ2) is 6.51. The first-order valence-electron chi connectivity index (χ1n) is 7.55. The van der Waals surface area contributed by atoms with Gasteiger partial charge in [0, 0.05) is 31.9 Å². The number of sulfonamides is 1. The van der Waals surface area contributed by atoms with Gasteiger partial charge in [-0.05, 0) is 36.8 Å². The standard InChI is InChI=1S/C17H19ClN2O2S/c1-14-5-4-6-15(13-14)19-9-11-20(12-10-19)23(21,22)17-8-3-2-7-16(17)18/h2-8,13H,9-12H2,1H3. The Hall–Kier alpha value is -1.56. The van der Waals surface area contributed by atoms with Gasteiger partial charge in [-0.25, -0.2) is 8.42 Å². The summed E-state index contributed by atoms with van der Waals surface area (Å²) in [6, 6.07) is 14.9. The van der Waals surface area contributed by atoms with E-state index in [4.69, 9.17) is 11.6 Å². The predicted molar refractivity (Wildman–Crippen MR) is 93.6 cm³/mol. The Balaban J connectivity index is 1.75. The van der Waals surface area contributed by atoms with Crippen molar-refractivity contribution >= 4 is 27.3 Å². The van der Waals surface area contributed by atoms with Crippen LogP contribution in [0.25, 0.3) is 0 Å². The molecule has 0 bridgehead atoms. The predicted octanol–water partition coefficient (Wildman–Crippen LogP) is 3.16. The quantitative estimate of drug-likeness (QED) is 0.853. The molecule has 0 aromatic heterocycles. The molecule has 0 saturated carbocycles. The van der Waals surface area contributed by atoms with Gasteiger partial charge in [-0.15, -0.1) is 0 Å². The van der Waals surface area contributed by atoms with E-state index in [1.807, 2.05) is 6.07 Å². The van der Waals surface area contributed by atoms with E-state index in [-0.39, 0.29) is 9.92 Å². The fraction of sp³-hybridized carbons (Fsp3) is 0.294. The zero-order valence-corrected chi connectivity index (χ0v) is 14.5. The van der Waals surface area contributed by atoms with Crippen LogP contribution in [0.1, 0.15) is 5.56 Å². The molecule has 3 rings (SSSR count). The highest BCUT2D eigenvalue weighted by molar-refractivity contribution is 7.89. The molecule has 2 aromatic carbocycles. The number of halogens is 1. The Morgan fingerprint density at radius 3 is 2.30 bits per heavy atom. The van der Waals surface area contributed by atoms with Crippen molar-refractivity contribution in [1.29, 1.82) is 0 Å². The van der Waals surface area contributed by atoms with Crippen molar-refractivity contribution in [2.24, 2.45) is 0 Å². The third kappa shape index (κ3) is 3.37. The van der Waals surface area contributed by atoms with Gasteiger partial charge in [0.2, 0.25) is 10.0 Å². The molecular formula is C17H19ClN2O2S. The maximum absolute atomic E-state index is 12.7. The monoisotopic (exact) mass is 350 g/mol. The van der Waals surface area contributed by atoms with Crippen molar-refractivity contribution in [2.45, 2.75) is 11.8 Å². The third-order valence-corrected chi connectivity index (χ3v) is 6.46. The van der Waals surface area contributed by atoms with E-state index >= 15 is 0 Å². The van der Waals surface area contributed by atoms with Crippen molar-refractivity contribution in [3.63, 3.8) is 0 Å². The number of hydrogen-bond acceptors (Lipinski definition) is 3. The van der Waals surface area contributed by atoms with Gasteiger partial charge in [0.15, 0.2) is 0 Å². The van der Waals surface area contributed by atoms with Crippen molar-refractivity contribution in [1.82, 2.24) is 4.31 Å². The van der Waals surface area contributed by atoms with Crippen LogP contribution in [0, 0.1) is 6.92 Å². The van der Waals surface area contributed by atoms with Gasteiger partial charge >= 0.3 is 0 Å². The molecule has 0 spiro atoms. The lowest BCUT2D eigenvalue weighted by molar-refractivity contribution is 0.385. The highest BCUT2D eigenvalue weighted by atomic mass is 35.5. The minimum atomic E-state index is -3.53. The molecule has 1 aliphatic heterocycles. The number of aryl methyl sites for hydroxylation is 1. The molecule has 122 valence electrons. The Morgan fingerprint density at radius 2 is 1.65 bits per heavy atom. The molecule has 0 N–H and O–H groups in total. The van der Waals surface area contributed by atoms with Crippen molar-refractivity contribution in [3.05, 3.63) is 59.1 Å². The summed E-state index contributed by atoms with van der Waals surface area (Å²) >= 11 is 6.05. The van der Waals surface area contributed by atoms with Gasteiger partial charge in [0.25, 0.3) is 0 Å². The summed E-state index contributed by atoms with van der Waals surface area (Å²) in [6.07, 6.45) is 0. The summed E-state index contributed by atoms with van der Waals surface area (Å²) in [6.45, 7) is 4.32. The molecule has 2 aromatic rings. The van der Waals surface area contributed by atoms with Crippen LogP contribution in [-0.4, -0.2) is 38.9 Å². The first kappa shape index (κ1) is 16.3. The lowest BCUT2D eigenvalue weighted by Crippen LogP contribution is -2.48. The van der Waals surface area contributed by atoms with Gasteiger partial charge in [-0.1, -0.05) is 35.9 Å². The number of benzene rings is 2. The summed E-state index contributed by atoms with van der Waals surface area (Å²) in [7, 11) is -3.53. The van der Waals surface area contributed by atoms with E-state index < -0.39 is 10.0 Å². The van der Waals surface area contributed by atoms with Crippen LogP contribution in [0.4, 0.5) is 5.69 Å². The van der Waals surface area contributed by atoms with E-state index in [1.165, 1.54) is 9.87 Å². The average molecular weight is 351 g/mol. The zero-order chi connectivity index (χ0) is 16.4. The van der Waals surface area contributed by atoms with Crippen molar-refractivity contribution in [3.8, 4) is 0 Å². The van der Waals surface area contributed by atoms with Crippen molar-refractivity contribution in [2.75, 3.05) is 31.1 Å². The SMILES string of the molecule is Cc1cccc(N2CCN(S(=O)(=O)c3ccccc3Cl)CC2)c1. The van der Waals surface area contributed by atoms with Crippen LogP contribution in [-0.2, 0) is 10.0 Å². The molecule has 6 heteroatoms. The smallest absolute Gasteiger partial charge is 0.244 e. The van der Waals surface area contributed by atoms with Gasteiger partial charge in [0.1, 0.15) is 4.90 Å². The zero-order valence-electron chi connectivity index (χ0n) is 12.9. The fourth-order valence-electron chi connectivity index (χ4n) is 2.80. The van der Waals surface area contributed by atoms with Crippen molar-refractivity contribution < 1.29 is 8.42 Å². The van der Waals surface area contributed by atoms with Crippen LogP contribution >= 0.6 is 11.6 Å². The fourth-order valence-corrected chi connectivity index (χ4v) is 4.72. The van der Waals surface area contributed by atoms with Gasteiger partial charge < -0.3 is 4.90 Å². The maximum Gasteiger partial charge on any atom is 0.244 e. The molecule has 1 fully saturated rings. The Bertz CT molecular complexity index is 800. The molecule has 4 nitrogen and oxygen atoms in total. The number of anilines is 1. The maximum atomic E-state index is 12.7. The van der Waals surface area contributed by atoms with Gasteiger partial charge in [-0.3, -0.25) is 0 Å². The molecular weight excluding hydrogens is 332 g/mol. The number of nitrogens with zero attached hydrogens (tertiary/aromatic N) is 2. The molecule has 0 amide bonds. The lowest BCUT2D eigenvalue weighted by Gasteiger charge is -2.35. The number of rotatable bonds is 3. The van der Waals surface area contributed by atoms with Crippen LogP contribution in [0.15, 0.2) is 53.4 Å². The Morgan fingerprint density at radius 1 is 0.957 bits per heavy atom. The number of hydrogen-bond donors (Lipinski definition) is 0. The highest BCUT2D eigenvalue weighted by Crippen LogP contribution is 2.26. The Labute approximate surface area is 142 Å². The first-order chi connectivity index (χ1) is 11.0. The largest absolute Gasteiger partial charge is 0.369 e. The minimum Gasteiger partial charge on any atom is -0.369 e. The summed E-state index contributed by atoms with van der Waals surface area (Å²) in [5.41, 5.74) is 2.34. The molecule has 1 aliphatic rings. The second-order valence-corrected chi connectivity index (χ2v) is 7.97. The summed E-state index contributed by atoms with van der Waals surface area (Å²) in [4.78, 5) is 2.40. The van der Waals surface area contributed by atoms with Crippen LogP contribution in [0.5, 0.6) is 0 Å². The molecule has 0 aliphatic carbocycles. The summed E-state index contributed by atoms with van der Waals surface area (Å²) < 4.78 is 27.0. The van der Waals surface area contributed by atoms with Crippen LogP contribution < -0.4 is 4.90 Å². The lowest BCUT2D eigenvalue weighted by atomic mass is 10.2. The summed E-state index contributed by atoms with van der Waals surface area (Å²) in [5, 5.41) is 0.272. The minimum absolute atomic E-state index is 0.186. The molecule has 23 heavy (non-hydrogen) atoms. The Kier molecular flexibility index (Phi) is 4.62. The van der Waals surface area contributed by atoms with E-state index in [0.717, 1.165) is 5.69 Å². The topological polar surface area (TPSA) is 40.6 Å². The van der Waals surface area contributed by atoms with E-state index in [9.17, 15) is 8.42 Å². The molecule has 1 saturated heterocycles. The number of piperazine rings is 1. The molecule has 1 heterocycles. The first-order valence-corrected chi connectivity index (χ1v) is 9.36. The van der Waals surface area contributed by atoms with Gasteiger partial charge in [0.05, 0.1) is 5.02 Å². The van der Waals surface area contributed by atoms with E-state index in [0.29, 0.717) is 26.2 Å². The molecule has 0 unspecified atom stereocenters. The normalized spacial score (nSPS) is 16.5. The second-order valence-electron chi connectivity index (χ2n) is 5.66. The van der Waals surface area contributed by atoms with E-state index in [1.54, 1.807) is 24.3 Å². The third-order valence-electron chi connectivity index (χ3n) is 4.06. The highest BCUT2D eigenvalue weighted by Gasteiger charge is 2.29. The van der Waals surface area contributed by atoms with Crippen LogP contribution in [0.3, 0.4) is 0 Å². The molecule has 0 radical (unpaired) electrons. The molecule has 0 atom stereocenters. The van der Waals surface area contributed by atoms with Crippen LogP contribution in [0.2, 0.25) is 5.02 Å². The summed E-state index contributed by atoms with van der Waals surface area (Å²) in [5.74, 6) is 0. The van der Waals surface area contributed by atoms with Gasteiger partial charge in [-0.2, -0.15) is 4.31 Å².